The van der Waals surface area contributed by atoms with Crippen molar-refractivity contribution in [2.24, 2.45) is 5.41 Å². The van der Waals surface area contributed by atoms with Crippen molar-refractivity contribution in [3.63, 3.8) is 0 Å². The Balaban J connectivity index is 1.74. The molecule has 3 atom stereocenters. The van der Waals surface area contributed by atoms with Crippen molar-refractivity contribution in [3.8, 4) is 0 Å². The number of ether oxygens (including phenoxy) is 1. The smallest absolute Gasteiger partial charge is 0.320 e. The van der Waals surface area contributed by atoms with Gasteiger partial charge in [-0.1, -0.05) is 13.8 Å². The molecule has 0 spiro atoms. The zero-order chi connectivity index (χ0) is 17.3. The highest BCUT2D eigenvalue weighted by molar-refractivity contribution is 5.82. The van der Waals surface area contributed by atoms with Gasteiger partial charge >= 0.3 is 5.97 Å². The first-order valence-corrected chi connectivity index (χ1v) is 9.27. The number of nitrogens with zero attached hydrogens (tertiary/aromatic N) is 1. The molecule has 2 saturated heterocycles. The molecule has 136 valence electrons. The molecule has 0 aromatic rings. The molecule has 2 aliphatic heterocycles. The predicted octanol–water partition coefficient (Wildman–Crippen LogP) is 1.78. The standard InChI is InChI=1S/C18H30N2O4/c1-18(2)7-5-12(6-8-18)20(16(21)15-4-3-9-24-15)13-10-14(17(22)23)19-11-13/h12-15,19H,3-11H2,1-2H3,(H,22,23)/t13-,14-,15-/m0/s1. The summed E-state index contributed by atoms with van der Waals surface area (Å²) in [6.07, 6.45) is 6.10. The van der Waals surface area contributed by atoms with Crippen molar-refractivity contribution in [3.05, 3.63) is 0 Å². The lowest BCUT2D eigenvalue weighted by atomic mass is 9.75. The second-order valence-corrected chi connectivity index (χ2v) is 8.33. The van der Waals surface area contributed by atoms with Gasteiger partial charge in [-0.05, 0) is 50.4 Å². The van der Waals surface area contributed by atoms with Crippen LogP contribution in [0.15, 0.2) is 0 Å². The number of carboxylic acids is 1. The highest BCUT2D eigenvalue weighted by Gasteiger charge is 2.42. The minimum absolute atomic E-state index is 0.0333. The number of hydrogen-bond acceptors (Lipinski definition) is 4. The molecule has 0 radical (unpaired) electrons. The number of aliphatic carboxylic acids is 1. The van der Waals surface area contributed by atoms with E-state index >= 15 is 0 Å². The van der Waals surface area contributed by atoms with Gasteiger partial charge < -0.3 is 20.1 Å². The second-order valence-electron chi connectivity index (χ2n) is 8.33. The quantitative estimate of drug-likeness (QED) is 0.817. The average Bonchev–Trinajstić information content (AvgIpc) is 3.20. The van der Waals surface area contributed by atoms with E-state index in [0.717, 1.165) is 38.5 Å². The topological polar surface area (TPSA) is 78.9 Å². The molecule has 2 N–H and O–H groups in total. The Morgan fingerprint density at radius 3 is 2.42 bits per heavy atom. The minimum atomic E-state index is -0.827. The van der Waals surface area contributed by atoms with E-state index in [9.17, 15) is 14.7 Å². The third-order valence-corrected chi connectivity index (χ3v) is 5.96. The van der Waals surface area contributed by atoms with Crippen LogP contribution < -0.4 is 5.32 Å². The van der Waals surface area contributed by atoms with Crippen LogP contribution in [-0.2, 0) is 14.3 Å². The molecule has 0 bridgehead atoms. The van der Waals surface area contributed by atoms with Crippen LogP contribution in [0, 0.1) is 5.41 Å². The van der Waals surface area contributed by atoms with Crippen LogP contribution in [0.2, 0.25) is 0 Å². The summed E-state index contributed by atoms with van der Waals surface area (Å²) in [7, 11) is 0. The summed E-state index contributed by atoms with van der Waals surface area (Å²) in [5.41, 5.74) is 0.340. The largest absolute Gasteiger partial charge is 0.480 e. The molecular formula is C18H30N2O4. The fraction of sp³-hybridized carbons (Fsp3) is 0.889. The maximum absolute atomic E-state index is 13.1. The molecule has 1 aliphatic carbocycles. The van der Waals surface area contributed by atoms with Gasteiger partial charge in [0, 0.05) is 25.2 Å². The number of rotatable bonds is 4. The van der Waals surface area contributed by atoms with Crippen molar-refractivity contribution < 1.29 is 19.4 Å². The Bertz CT molecular complexity index is 477. The van der Waals surface area contributed by atoms with E-state index in [0.29, 0.717) is 25.0 Å². The van der Waals surface area contributed by atoms with Gasteiger partial charge in [0.05, 0.1) is 0 Å². The van der Waals surface area contributed by atoms with Crippen LogP contribution in [0.1, 0.15) is 58.8 Å². The van der Waals surface area contributed by atoms with Gasteiger partial charge in [-0.3, -0.25) is 9.59 Å². The molecule has 3 aliphatic rings. The molecule has 1 saturated carbocycles. The van der Waals surface area contributed by atoms with Gasteiger partial charge in [0.15, 0.2) is 0 Å². The third kappa shape index (κ3) is 3.75. The number of carbonyl (C=O) groups excluding carboxylic acids is 1. The highest BCUT2D eigenvalue weighted by Crippen LogP contribution is 2.38. The molecular weight excluding hydrogens is 308 g/mol. The van der Waals surface area contributed by atoms with Crippen LogP contribution in [0.3, 0.4) is 0 Å². The van der Waals surface area contributed by atoms with Gasteiger partial charge in [-0.25, -0.2) is 0 Å². The van der Waals surface area contributed by atoms with Crippen LogP contribution >= 0.6 is 0 Å². The van der Waals surface area contributed by atoms with Gasteiger partial charge in [-0.2, -0.15) is 0 Å². The van der Waals surface area contributed by atoms with Gasteiger partial charge in [0.1, 0.15) is 12.1 Å². The maximum Gasteiger partial charge on any atom is 0.320 e. The first-order chi connectivity index (χ1) is 11.4. The summed E-state index contributed by atoms with van der Waals surface area (Å²) in [5, 5.41) is 12.3. The summed E-state index contributed by atoms with van der Waals surface area (Å²) in [6, 6.07) is -0.363. The molecule has 24 heavy (non-hydrogen) atoms. The van der Waals surface area contributed by atoms with E-state index in [1.807, 2.05) is 4.90 Å². The van der Waals surface area contributed by atoms with E-state index in [4.69, 9.17) is 4.74 Å². The summed E-state index contributed by atoms with van der Waals surface area (Å²) >= 11 is 0. The van der Waals surface area contributed by atoms with Gasteiger partial charge in [-0.15, -0.1) is 0 Å². The monoisotopic (exact) mass is 338 g/mol. The van der Waals surface area contributed by atoms with Crippen LogP contribution in [0.4, 0.5) is 0 Å². The first-order valence-electron chi connectivity index (χ1n) is 9.27. The molecule has 6 heteroatoms. The van der Waals surface area contributed by atoms with Crippen LogP contribution in [-0.4, -0.2) is 59.3 Å². The minimum Gasteiger partial charge on any atom is -0.480 e. The zero-order valence-corrected chi connectivity index (χ0v) is 14.8. The zero-order valence-electron chi connectivity index (χ0n) is 14.8. The Morgan fingerprint density at radius 2 is 1.88 bits per heavy atom. The second kappa shape index (κ2) is 7.00. The van der Waals surface area contributed by atoms with E-state index in [1.165, 1.54) is 0 Å². The van der Waals surface area contributed by atoms with E-state index < -0.39 is 12.0 Å². The molecule has 1 amide bonds. The predicted molar refractivity (Wildman–Crippen MR) is 89.7 cm³/mol. The first kappa shape index (κ1) is 17.7. The molecule has 2 heterocycles. The summed E-state index contributed by atoms with van der Waals surface area (Å²) in [6.45, 7) is 5.79. The fourth-order valence-corrected chi connectivity index (χ4v) is 4.38. The lowest BCUT2D eigenvalue weighted by molar-refractivity contribution is -0.148. The van der Waals surface area contributed by atoms with Crippen LogP contribution in [0.25, 0.3) is 0 Å². The molecule has 0 aromatic carbocycles. The summed E-state index contributed by atoms with van der Waals surface area (Å²) < 4.78 is 5.63. The molecule has 3 fully saturated rings. The normalized spacial score (nSPS) is 33.5. The SMILES string of the molecule is CC1(C)CCC(N(C(=O)[C@@H]2CCCO2)[C@@H]2CN[C@H](C(=O)O)C2)CC1. The number of carbonyl (C=O) groups is 2. The fourth-order valence-electron chi connectivity index (χ4n) is 4.38. The van der Waals surface area contributed by atoms with E-state index in [2.05, 4.69) is 19.2 Å². The molecule has 3 rings (SSSR count). The van der Waals surface area contributed by atoms with Crippen molar-refractivity contribution >= 4 is 11.9 Å². The van der Waals surface area contributed by atoms with Crippen molar-refractivity contribution in [1.29, 1.82) is 0 Å². The Morgan fingerprint density at radius 1 is 1.17 bits per heavy atom. The van der Waals surface area contributed by atoms with Crippen LogP contribution in [0.5, 0.6) is 0 Å². The van der Waals surface area contributed by atoms with Gasteiger partial charge in [0.25, 0.3) is 5.91 Å². The highest BCUT2D eigenvalue weighted by atomic mass is 16.5. The molecule has 0 unspecified atom stereocenters. The maximum atomic E-state index is 13.1. The average molecular weight is 338 g/mol. The van der Waals surface area contributed by atoms with Gasteiger partial charge in [0.2, 0.25) is 0 Å². The third-order valence-electron chi connectivity index (χ3n) is 5.96. The van der Waals surface area contributed by atoms with Crippen molar-refractivity contribution in [2.45, 2.75) is 83.0 Å². The Hall–Kier alpha value is -1.14. The van der Waals surface area contributed by atoms with E-state index in [1.54, 1.807) is 0 Å². The number of carboxylic acid groups (broad SMARTS) is 1. The number of nitrogens with one attached hydrogen (secondary N) is 1. The summed E-state index contributed by atoms with van der Waals surface area (Å²) in [4.78, 5) is 26.4. The Kier molecular flexibility index (Phi) is 5.16. The van der Waals surface area contributed by atoms with Crippen molar-refractivity contribution in [1.82, 2.24) is 10.2 Å². The lowest BCUT2D eigenvalue weighted by Crippen LogP contribution is -2.53. The molecule has 6 nitrogen and oxygen atoms in total. The Labute approximate surface area is 143 Å². The number of hydrogen-bond donors (Lipinski definition) is 2. The number of amides is 1. The lowest BCUT2D eigenvalue weighted by Gasteiger charge is -2.43. The van der Waals surface area contributed by atoms with Crippen molar-refractivity contribution in [2.75, 3.05) is 13.2 Å². The molecule has 0 aromatic heterocycles. The van der Waals surface area contributed by atoms with E-state index in [-0.39, 0.29) is 24.1 Å². The summed E-state index contributed by atoms with van der Waals surface area (Å²) in [5.74, 6) is -0.748.